The lowest BCUT2D eigenvalue weighted by atomic mass is 9.91. The summed E-state index contributed by atoms with van der Waals surface area (Å²) in [5.41, 5.74) is 1.17. The summed E-state index contributed by atoms with van der Waals surface area (Å²) < 4.78 is 56.3. The summed E-state index contributed by atoms with van der Waals surface area (Å²) in [5.74, 6) is -0.141. The van der Waals surface area contributed by atoms with E-state index in [0.717, 1.165) is 49.3 Å². The smallest absolute Gasteiger partial charge is 0.356 e. The Bertz CT molecular complexity index is 928. The predicted molar refractivity (Wildman–Crippen MR) is 90.5 cm³/mol. The van der Waals surface area contributed by atoms with Gasteiger partial charge in [-0.05, 0) is 50.2 Å². The highest BCUT2D eigenvalue weighted by Gasteiger charge is 2.31. The van der Waals surface area contributed by atoms with Gasteiger partial charge in [-0.2, -0.15) is 13.2 Å². The maximum atomic E-state index is 13.3. The second-order valence-corrected chi connectivity index (χ2v) is 6.79. The summed E-state index contributed by atoms with van der Waals surface area (Å²) in [6.07, 6.45) is -1.80. The number of fused-ring (bicyclic) bond motifs is 1. The van der Waals surface area contributed by atoms with E-state index in [1.54, 1.807) is 6.07 Å². The van der Waals surface area contributed by atoms with E-state index in [9.17, 15) is 17.6 Å². The van der Waals surface area contributed by atoms with Gasteiger partial charge >= 0.3 is 6.18 Å². The van der Waals surface area contributed by atoms with Crippen LogP contribution in [0.3, 0.4) is 0 Å². The van der Waals surface area contributed by atoms with Gasteiger partial charge in [-0.3, -0.25) is 9.88 Å². The number of nitrogens with zero attached hydrogens (tertiary/aromatic N) is 3. The third-order valence-electron chi connectivity index (χ3n) is 4.97. The van der Waals surface area contributed by atoms with E-state index >= 15 is 0 Å². The summed E-state index contributed by atoms with van der Waals surface area (Å²) in [6.45, 7) is 2.07. The van der Waals surface area contributed by atoms with Gasteiger partial charge in [0.05, 0.1) is 17.0 Å². The number of hydrogen-bond donors (Lipinski definition) is 0. The molecule has 3 heterocycles. The average molecular weight is 379 g/mol. The quantitative estimate of drug-likeness (QED) is 0.616. The number of pyridine rings is 1. The van der Waals surface area contributed by atoms with E-state index in [-0.39, 0.29) is 11.7 Å². The summed E-state index contributed by atoms with van der Waals surface area (Å²) >= 11 is 0. The van der Waals surface area contributed by atoms with Gasteiger partial charge in [-0.1, -0.05) is 5.16 Å². The van der Waals surface area contributed by atoms with Crippen LogP contribution in [0.4, 0.5) is 17.6 Å². The molecule has 0 N–H and O–H groups in total. The van der Waals surface area contributed by atoms with Gasteiger partial charge in [-0.15, -0.1) is 0 Å². The van der Waals surface area contributed by atoms with Crippen molar-refractivity contribution in [2.24, 2.45) is 0 Å². The Morgan fingerprint density at radius 1 is 1.11 bits per heavy atom. The number of piperidine rings is 1. The lowest BCUT2D eigenvalue weighted by Crippen LogP contribution is -2.32. The van der Waals surface area contributed by atoms with Crippen LogP contribution >= 0.6 is 0 Å². The van der Waals surface area contributed by atoms with Crippen LogP contribution in [-0.2, 0) is 12.7 Å². The molecule has 1 aromatic carbocycles. The molecule has 4 rings (SSSR count). The first-order valence-electron chi connectivity index (χ1n) is 8.69. The van der Waals surface area contributed by atoms with Crippen LogP contribution < -0.4 is 0 Å². The Labute approximate surface area is 152 Å². The monoisotopic (exact) mass is 379 g/mol. The maximum absolute atomic E-state index is 13.3. The standard InChI is InChI=1S/C19H17F4N3O/c20-14-2-4-16-17(9-14)27-25-18(16)12-5-7-26(8-6-12)11-15-3-1-13(10-24-15)19(21,22)23/h1-4,9-10,12H,5-8,11H2. The first-order valence-corrected chi connectivity index (χ1v) is 8.69. The Hall–Kier alpha value is -2.48. The average Bonchev–Trinajstić information content (AvgIpc) is 3.05. The van der Waals surface area contributed by atoms with Crippen molar-refractivity contribution >= 4 is 11.0 Å². The highest BCUT2D eigenvalue weighted by Crippen LogP contribution is 2.33. The van der Waals surface area contributed by atoms with Crippen molar-refractivity contribution < 1.29 is 22.1 Å². The normalized spacial score (nSPS) is 16.9. The van der Waals surface area contributed by atoms with Crippen molar-refractivity contribution in [1.29, 1.82) is 0 Å². The van der Waals surface area contributed by atoms with E-state index in [2.05, 4.69) is 15.0 Å². The minimum absolute atomic E-state index is 0.216. The third-order valence-corrected chi connectivity index (χ3v) is 4.97. The highest BCUT2D eigenvalue weighted by molar-refractivity contribution is 5.79. The number of aromatic nitrogens is 2. The molecule has 8 heteroatoms. The topological polar surface area (TPSA) is 42.2 Å². The molecule has 2 aromatic heterocycles. The van der Waals surface area contributed by atoms with Crippen LogP contribution in [0, 0.1) is 5.82 Å². The molecule has 0 atom stereocenters. The fraction of sp³-hybridized carbons (Fsp3) is 0.368. The summed E-state index contributed by atoms with van der Waals surface area (Å²) in [6, 6.07) is 6.91. The molecule has 27 heavy (non-hydrogen) atoms. The number of hydrogen-bond acceptors (Lipinski definition) is 4. The molecule has 1 fully saturated rings. The number of alkyl halides is 3. The Morgan fingerprint density at radius 2 is 1.89 bits per heavy atom. The molecule has 0 spiro atoms. The molecular weight excluding hydrogens is 362 g/mol. The first kappa shape index (κ1) is 17.9. The minimum Gasteiger partial charge on any atom is -0.356 e. The fourth-order valence-corrected chi connectivity index (χ4v) is 3.50. The van der Waals surface area contributed by atoms with Crippen molar-refractivity contribution in [1.82, 2.24) is 15.0 Å². The Balaban J connectivity index is 1.38. The van der Waals surface area contributed by atoms with E-state index in [0.29, 0.717) is 17.8 Å². The minimum atomic E-state index is -4.37. The second-order valence-electron chi connectivity index (χ2n) is 6.79. The molecule has 142 valence electrons. The van der Waals surface area contributed by atoms with Gasteiger partial charge in [-0.25, -0.2) is 4.39 Å². The van der Waals surface area contributed by atoms with Gasteiger partial charge in [0, 0.05) is 30.1 Å². The molecule has 0 bridgehead atoms. The van der Waals surface area contributed by atoms with Gasteiger partial charge in [0.2, 0.25) is 0 Å². The number of halogens is 4. The molecule has 0 saturated carbocycles. The van der Waals surface area contributed by atoms with Crippen molar-refractivity contribution in [3.8, 4) is 0 Å². The van der Waals surface area contributed by atoms with Crippen molar-refractivity contribution in [3.63, 3.8) is 0 Å². The van der Waals surface area contributed by atoms with Crippen LogP contribution in [-0.4, -0.2) is 28.1 Å². The lowest BCUT2D eigenvalue weighted by molar-refractivity contribution is -0.137. The largest absolute Gasteiger partial charge is 0.417 e. The third kappa shape index (κ3) is 3.80. The zero-order chi connectivity index (χ0) is 19.0. The first-order chi connectivity index (χ1) is 12.9. The molecule has 0 aliphatic carbocycles. The number of likely N-dealkylation sites (tertiary alicyclic amines) is 1. The zero-order valence-corrected chi connectivity index (χ0v) is 14.3. The molecule has 0 unspecified atom stereocenters. The molecule has 0 amide bonds. The lowest BCUT2D eigenvalue weighted by Gasteiger charge is -2.30. The predicted octanol–water partition coefficient (Wildman–Crippen LogP) is 4.76. The van der Waals surface area contributed by atoms with E-state index < -0.39 is 11.7 Å². The van der Waals surface area contributed by atoms with Gasteiger partial charge in [0.25, 0.3) is 0 Å². The zero-order valence-electron chi connectivity index (χ0n) is 14.3. The van der Waals surface area contributed by atoms with Crippen LogP contribution in [0.1, 0.15) is 35.7 Å². The summed E-state index contributed by atoms with van der Waals surface area (Å²) in [4.78, 5) is 6.09. The number of benzene rings is 1. The van der Waals surface area contributed by atoms with Crippen LogP contribution in [0.25, 0.3) is 11.0 Å². The van der Waals surface area contributed by atoms with Gasteiger partial charge in [0.1, 0.15) is 5.82 Å². The van der Waals surface area contributed by atoms with Crippen molar-refractivity contribution in [2.75, 3.05) is 13.1 Å². The van der Waals surface area contributed by atoms with Crippen LogP contribution in [0.5, 0.6) is 0 Å². The Morgan fingerprint density at radius 3 is 2.56 bits per heavy atom. The van der Waals surface area contributed by atoms with Crippen LogP contribution in [0.15, 0.2) is 41.1 Å². The van der Waals surface area contributed by atoms with E-state index in [4.69, 9.17) is 4.52 Å². The highest BCUT2D eigenvalue weighted by atomic mass is 19.4. The van der Waals surface area contributed by atoms with Crippen LogP contribution in [0.2, 0.25) is 0 Å². The molecular formula is C19H17F4N3O. The fourth-order valence-electron chi connectivity index (χ4n) is 3.50. The molecule has 0 radical (unpaired) electrons. The summed E-state index contributed by atoms with van der Waals surface area (Å²) in [5, 5.41) is 4.96. The Kier molecular flexibility index (Phi) is 4.59. The molecule has 4 nitrogen and oxygen atoms in total. The van der Waals surface area contributed by atoms with Crippen molar-refractivity contribution in [2.45, 2.75) is 31.5 Å². The van der Waals surface area contributed by atoms with E-state index in [1.807, 2.05) is 0 Å². The molecule has 1 aliphatic rings. The summed E-state index contributed by atoms with van der Waals surface area (Å²) in [7, 11) is 0. The molecule has 3 aromatic rings. The van der Waals surface area contributed by atoms with Crippen molar-refractivity contribution in [3.05, 3.63) is 59.3 Å². The number of rotatable bonds is 3. The van der Waals surface area contributed by atoms with E-state index in [1.165, 1.54) is 18.2 Å². The van der Waals surface area contributed by atoms with Gasteiger partial charge < -0.3 is 4.52 Å². The second kappa shape index (κ2) is 6.92. The maximum Gasteiger partial charge on any atom is 0.417 e. The SMILES string of the molecule is Fc1ccc2c(C3CCN(Cc4ccc(C(F)(F)F)cn4)CC3)noc2c1. The molecule has 1 saturated heterocycles. The van der Waals surface area contributed by atoms with Gasteiger partial charge in [0.15, 0.2) is 5.58 Å². The molecule has 1 aliphatic heterocycles.